The number of rotatable bonds is 5. The number of sulfonamides is 1. The molecule has 0 aliphatic carbocycles. The van der Waals surface area contributed by atoms with Crippen molar-refractivity contribution in [2.24, 2.45) is 0 Å². The summed E-state index contributed by atoms with van der Waals surface area (Å²) < 4.78 is 25.7. The van der Waals surface area contributed by atoms with E-state index in [-0.39, 0.29) is 22.6 Å². The van der Waals surface area contributed by atoms with Gasteiger partial charge in [0.15, 0.2) is 0 Å². The molecule has 0 atom stereocenters. The van der Waals surface area contributed by atoms with Crippen LogP contribution in [0.1, 0.15) is 67.8 Å². The van der Waals surface area contributed by atoms with Crippen LogP contribution in [0.3, 0.4) is 0 Å². The van der Waals surface area contributed by atoms with Crippen molar-refractivity contribution in [1.29, 1.82) is 0 Å². The minimum Gasteiger partial charge on any atom is -0.508 e. The molecule has 1 saturated heterocycles. The van der Waals surface area contributed by atoms with E-state index in [9.17, 15) is 23.1 Å². The maximum absolute atomic E-state index is 13.6. The van der Waals surface area contributed by atoms with Crippen molar-refractivity contribution in [3.05, 3.63) is 83.4 Å². The Morgan fingerprint density at radius 1 is 0.780 bits per heavy atom. The van der Waals surface area contributed by atoms with Crippen LogP contribution in [0.15, 0.2) is 66.7 Å². The Bertz CT molecular complexity index is 1540. The zero-order valence-electron chi connectivity index (χ0n) is 24.6. The van der Waals surface area contributed by atoms with Crippen LogP contribution < -0.4 is 9.62 Å². The molecular weight excluding hydrogens is 538 g/mol. The zero-order chi connectivity index (χ0) is 30.2. The van der Waals surface area contributed by atoms with Crippen LogP contribution in [0.4, 0.5) is 5.69 Å². The number of carbonyl (C=O) groups is 2. The van der Waals surface area contributed by atoms with Gasteiger partial charge >= 0.3 is 0 Å². The highest BCUT2D eigenvalue weighted by molar-refractivity contribution is 7.91. The molecule has 9 heteroatoms. The molecule has 3 aromatic carbocycles. The van der Waals surface area contributed by atoms with E-state index < -0.39 is 20.7 Å². The molecule has 1 aliphatic rings. The lowest BCUT2D eigenvalue weighted by atomic mass is 9.84. The first-order valence-corrected chi connectivity index (χ1v) is 15.2. The lowest BCUT2D eigenvalue weighted by Crippen LogP contribution is -2.48. The highest BCUT2D eigenvalue weighted by Crippen LogP contribution is 2.31. The third-order valence-electron chi connectivity index (χ3n) is 7.32. The first-order valence-electron chi connectivity index (χ1n) is 13.7. The van der Waals surface area contributed by atoms with Crippen LogP contribution in [0.2, 0.25) is 0 Å². The van der Waals surface area contributed by atoms with Gasteiger partial charge in [0.25, 0.3) is 11.8 Å². The van der Waals surface area contributed by atoms with Crippen molar-refractivity contribution in [2.75, 3.05) is 31.1 Å². The Balaban J connectivity index is 1.46. The van der Waals surface area contributed by atoms with E-state index in [2.05, 4.69) is 36.5 Å². The van der Waals surface area contributed by atoms with Gasteiger partial charge in [-0.15, -0.1) is 0 Å². The Labute approximate surface area is 243 Å². The number of piperazine rings is 1. The number of aromatic hydroxyl groups is 1. The van der Waals surface area contributed by atoms with Crippen molar-refractivity contribution in [1.82, 2.24) is 9.62 Å². The monoisotopic (exact) mass is 577 g/mol. The molecule has 0 spiro atoms. The van der Waals surface area contributed by atoms with E-state index in [0.29, 0.717) is 31.7 Å². The summed E-state index contributed by atoms with van der Waals surface area (Å²) in [7, 11) is -3.80. The van der Waals surface area contributed by atoms with Gasteiger partial charge in [-0.3, -0.25) is 9.59 Å². The molecule has 0 saturated carbocycles. The number of anilines is 1. The van der Waals surface area contributed by atoms with Crippen LogP contribution in [0.5, 0.6) is 5.75 Å². The maximum atomic E-state index is 13.6. The molecule has 0 aromatic heterocycles. The Kier molecular flexibility index (Phi) is 8.23. The number of hydrogen-bond acceptors (Lipinski definition) is 6. The molecule has 218 valence electrons. The molecule has 8 nitrogen and oxygen atoms in total. The van der Waals surface area contributed by atoms with Crippen molar-refractivity contribution in [2.45, 2.75) is 51.7 Å². The lowest BCUT2D eigenvalue weighted by molar-refractivity contribution is 0.0746. The molecule has 4 rings (SSSR count). The highest BCUT2D eigenvalue weighted by atomic mass is 32.2. The maximum Gasteiger partial charge on any atom is 0.264 e. The lowest BCUT2D eigenvalue weighted by Gasteiger charge is -2.36. The van der Waals surface area contributed by atoms with E-state index in [1.807, 2.05) is 23.1 Å². The van der Waals surface area contributed by atoms with Crippen molar-refractivity contribution in [3.8, 4) is 16.9 Å². The third kappa shape index (κ3) is 6.90. The molecule has 3 aromatic rings. The summed E-state index contributed by atoms with van der Waals surface area (Å²) in [4.78, 5) is 30.1. The molecule has 1 aliphatic heterocycles. The van der Waals surface area contributed by atoms with Gasteiger partial charge in [0.2, 0.25) is 10.0 Å². The largest absolute Gasteiger partial charge is 0.508 e. The molecule has 1 heterocycles. The fourth-order valence-corrected chi connectivity index (χ4v) is 5.21. The molecule has 0 bridgehead atoms. The summed E-state index contributed by atoms with van der Waals surface area (Å²) >= 11 is 0. The second kappa shape index (κ2) is 11.2. The standard InChI is InChI=1S/C32H39N3O5S/c1-31(2,3)26-19-24(23-8-7-9-28(36)21-23)18-25(20-26)30(38)35-16-14-34(15-17-35)27-12-10-22(11-13-27)29(37)33-41(39,40)32(4,5)6/h7-13,18-21,36H,14-17H2,1-6H3,(H,33,37). The molecule has 0 radical (unpaired) electrons. The summed E-state index contributed by atoms with van der Waals surface area (Å²) in [5.41, 5.74) is 4.38. The van der Waals surface area contributed by atoms with E-state index in [4.69, 9.17) is 0 Å². The number of benzene rings is 3. The smallest absolute Gasteiger partial charge is 0.264 e. The molecule has 41 heavy (non-hydrogen) atoms. The van der Waals surface area contributed by atoms with E-state index in [1.54, 1.807) is 42.5 Å². The Hall–Kier alpha value is -3.85. The molecular formula is C32H39N3O5S. The molecule has 0 unspecified atom stereocenters. The zero-order valence-corrected chi connectivity index (χ0v) is 25.4. The minimum absolute atomic E-state index is 0.0378. The van der Waals surface area contributed by atoms with Crippen molar-refractivity contribution in [3.63, 3.8) is 0 Å². The topological polar surface area (TPSA) is 107 Å². The quantitative estimate of drug-likeness (QED) is 0.433. The van der Waals surface area contributed by atoms with Crippen molar-refractivity contribution < 1.29 is 23.1 Å². The Morgan fingerprint density at radius 2 is 1.41 bits per heavy atom. The van der Waals surface area contributed by atoms with Gasteiger partial charge in [-0.25, -0.2) is 13.1 Å². The minimum atomic E-state index is -3.80. The first kappa shape index (κ1) is 30.1. The second-order valence-corrected chi connectivity index (χ2v) is 14.9. The van der Waals surface area contributed by atoms with Crippen LogP contribution in [-0.4, -0.2) is 61.2 Å². The van der Waals surface area contributed by atoms with E-state index in [0.717, 1.165) is 22.4 Å². The summed E-state index contributed by atoms with van der Waals surface area (Å²) in [6, 6.07) is 19.8. The fourth-order valence-electron chi connectivity index (χ4n) is 4.54. The average Bonchev–Trinajstić information content (AvgIpc) is 2.91. The SMILES string of the molecule is CC(C)(C)c1cc(C(=O)N2CCN(c3ccc(C(=O)NS(=O)(=O)C(C)(C)C)cc3)CC2)cc(-c2cccc(O)c2)c1. The second-order valence-electron chi connectivity index (χ2n) is 12.5. The van der Waals surface area contributed by atoms with Crippen LogP contribution >= 0.6 is 0 Å². The third-order valence-corrected chi connectivity index (χ3v) is 9.39. The van der Waals surface area contributed by atoms with Gasteiger partial charge in [-0.1, -0.05) is 39.0 Å². The number of carbonyl (C=O) groups excluding carboxylic acids is 2. The summed E-state index contributed by atoms with van der Waals surface area (Å²) in [6.07, 6.45) is 0. The van der Waals surface area contributed by atoms with Gasteiger partial charge in [0.1, 0.15) is 5.75 Å². The van der Waals surface area contributed by atoms with Gasteiger partial charge in [0, 0.05) is 43.0 Å². The predicted molar refractivity (Wildman–Crippen MR) is 163 cm³/mol. The van der Waals surface area contributed by atoms with Crippen LogP contribution in [0, 0.1) is 0 Å². The summed E-state index contributed by atoms with van der Waals surface area (Å²) in [6.45, 7) is 13.2. The number of phenolic OH excluding ortho intramolecular Hbond substituents is 1. The fraction of sp³-hybridized carbons (Fsp3) is 0.375. The number of phenols is 1. The number of nitrogens with one attached hydrogen (secondary N) is 1. The number of hydrogen-bond donors (Lipinski definition) is 2. The van der Waals surface area contributed by atoms with Crippen LogP contribution in [-0.2, 0) is 15.4 Å². The normalized spacial score (nSPS) is 14.6. The van der Waals surface area contributed by atoms with Gasteiger partial charge in [0.05, 0.1) is 4.75 Å². The van der Waals surface area contributed by atoms with Gasteiger partial charge in [-0.2, -0.15) is 0 Å². The van der Waals surface area contributed by atoms with Gasteiger partial charge < -0.3 is 14.9 Å². The summed E-state index contributed by atoms with van der Waals surface area (Å²) in [5, 5.41) is 10.00. The highest BCUT2D eigenvalue weighted by Gasteiger charge is 2.31. The van der Waals surface area contributed by atoms with Gasteiger partial charge in [-0.05, 0) is 91.4 Å². The van der Waals surface area contributed by atoms with Crippen molar-refractivity contribution >= 4 is 27.5 Å². The van der Waals surface area contributed by atoms with E-state index >= 15 is 0 Å². The Morgan fingerprint density at radius 3 is 1.98 bits per heavy atom. The molecule has 1 fully saturated rings. The predicted octanol–water partition coefficient (Wildman–Crippen LogP) is 5.18. The molecule has 2 N–H and O–H groups in total. The first-order chi connectivity index (χ1) is 19.0. The average molecular weight is 578 g/mol. The van der Waals surface area contributed by atoms with E-state index in [1.165, 1.54) is 20.8 Å². The number of nitrogens with zero attached hydrogens (tertiary/aromatic N) is 2. The summed E-state index contributed by atoms with van der Waals surface area (Å²) in [5.74, 6) is -0.523. The molecule has 2 amide bonds. The van der Waals surface area contributed by atoms with Crippen LogP contribution in [0.25, 0.3) is 11.1 Å². The number of amides is 2.